The molecule has 2 nitrogen and oxygen atoms in total. The number of rotatable bonds is 5. The molecular formula is C17H20F2O2S. The molecule has 0 heterocycles. The summed E-state index contributed by atoms with van der Waals surface area (Å²) in [5, 5.41) is 0. The molecular weight excluding hydrogens is 306 g/mol. The van der Waals surface area contributed by atoms with Crippen LogP contribution in [0.5, 0.6) is 0 Å². The summed E-state index contributed by atoms with van der Waals surface area (Å²) in [7, 11) is 0. The second-order valence-electron chi connectivity index (χ2n) is 5.29. The molecule has 1 saturated carbocycles. The monoisotopic (exact) mass is 326 g/mol. The van der Waals surface area contributed by atoms with Gasteiger partial charge in [0.1, 0.15) is 12.3 Å². The van der Waals surface area contributed by atoms with Crippen molar-refractivity contribution in [3.63, 3.8) is 0 Å². The third-order valence-corrected chi connectivity index (χ3v) is 4.49. The van der Waals surface area contributed by atoms with E-state index < -0.39 is 18.3 Å². The van der Waals surface area contributed by atoms with Gasteiger partial charge in [0.25, 0.3) is 0 Å². The summed E-state index contributed by atoms with van der Waals surface area (Å²) in [6.45, 7) is 2.00. The Labute approximate surface area is 133 Å². The molecule has 0 amide bonds. The second-order valence-corrected chi connectivity index (χ2v) is 6.17. The van der Waals surface area contributed by atoms with Gasteiger partial charge in [0.15, 0.2) is 0 Å². The minimum Gasteiger partial charge on any atom is -0.462 e. The Morgan fingerprint density at radius 1 is 1.27 bits per heavy atom. The minimum absolute atomic E-state index is 0.118. The van der Waals surface area contributed by atoms with Gasteiger partial charge < -0.3 is 4.74 Å². The highest BCUT2D eigenvalue weighted by Crippen LogP contribution is 2.34. The highest BCUT2D eigenvalue weighted by Gasteiger charge is 2.34. The lowest BCUT2D eigenvalue weighted by atomic mass is 9.98. The van der Waals surface area contributed by atoms with E-state index in [0.29, 0.717) is 11.1 Å². The summed E-state index contributed by atoms with van der Waals surface area (Å²) in [6, 6.07) is 7.50. The molecule has 1 aromatic carbocycles. The lowest BCUT2D eigenvalue weighted by molar-refractivity contribution is -0.136. The predicted molar refractivity (Wildman–Crippen MR) is 85.3 cm³/mol. The van der Waals surface area contributed by atoms with Crippen molar-refractivity contribution in [1.29, 1.82) is 0 Å². The molecule has 0 spiro atoms. The standard InChI is InChI=1S/C17H20F2O2S/c1-3-21-17(20)14(8-11-9-15(18)16(19)10-11)12-4-6-13(22-2)7-5-12/h4-8,11,15-16H,3,9-10H2,1-2H3/t11?,15-,16+. The van der Waals surface area contributed by atoms with Gasteiger partial charge >= 0.3 is 5.97 Å². The molecule has 1 aliphatic rings. The highest BCUT2D eigenvalue weighted by molar-refractivity contribution is 7.98. The number of ether oxygens (including phenoxy) is 1. The number of halogens is 2. The molecule has 22 heavy (non-hydrogen) atoms. The third-order valence-electron chi connectivity index (χ3n) is 3.75. The molecule has 0 radical (unpaired) electrons. The second kappa shape index (κ2) is 7.77. The lowest BCUT2D eigenvalue weighted by Crippen LogP contribution is -2.08. The van der Waals surface area contributed by atoms with E-state index in [4.69, 9.17) is 4.74 Å². The van der Waals surface area contributed by atoms with Crippen LogP contribution in [-0.2, 0) is 9.53 Å². The van der Waals surface area contributed by atoms with Crippen LogP contribution in [0.15, 0.2) is 35.2 Å². The molecule has 1 unspecified atom stereocenters. The number of thioether (sulfide) groups is 1. The Bertz CT molecular complexity index is 532. The quantitative estimate of drug-likeness (QED) is 0.454. The van der Waals surface area contributed by atoms with Crippen molar-refractivity contribution in [3.05, 3.63) is 35.9 Å². The van der Waals surface area contributed by atoms with Crippen LogP contribution in [0.4, 0.5) is 8.78 Å². The first-order chi connectivity index (χ1) is 10.5. The van der Waals surface area contributed by atoms with Crippen molar-refractivity contribution < 1.29 is 18.3 Å². The van der Waals surface area contributed by atoms with Gasteiger partial charge in [-0.3, -0.25) is 0 Å². The van der Waals surface area contributed by atoms with Gasteiger partial charge in [-0.15, -0.1) is 11.8 Å². The fraction of sp³-hybridized carbons (Fsp3) is 0.471. The van der Waals surface area contributed by atoms with Crippen molar-refractivity contribution in [1.82, 2.24) is 0 Å². The first-order valence-electron chi connectivity index (χ1n) is 7.36. The van der Waals surface area contributed by atoms with Crippen molar-refractivity contribution in [2.45, 2.75) is 37.0 Å². The summed E-state index contributed by atoms with van der Waals surface area (Å²) in [4.78, 5) is 13.2. The highest BCUT2D eigenvalue weighted by atomic mass is 32.2. The van der Waals surface area contributed by atoms with Crippen LogP contribution in [0.1, 0.15) is 25.3 Å². The number of hydrogen-bond acceptors (Lipinski definition) is 3. The maximum absolute atomic E-state index is 13.3. The van der Waals surface area contributed by atoms with E-state index in [1.807, 2.05) is 30.5 Å². The van der Waals surface area contributed by atoms with Gasteiger partial charge in [-0.05, 0) is 49.6 Å². The van der Waals surface area contributed by atoms with Crippen molar-refractivity contribution in [3.8, 4) is 0 Å². The average molecular weight is 326 g/mol. The van der Waals surface area contributed by atoms with Crippen molar-refractivity contribution in [2.24, 2.45) is 5.92 Å². The van der Waals surface area contributed by atoms with Crippen LogP contribution in [0.25, 0.3) is 5.57 Å². The van der Waals surface area contributed by atoms with E-state index in [0.717, 1.165) is 4.90 Å². The molecule has 0 N–H and O–H groups in total. The summed E-state index contributed by atoms with van der Waals surface area (Å²) in [5.74, 6) is -0.721. The zero-order valence-corrected chi connectivity index (χ0v) is 13.5. The number of alkyl halides is 2. The molecule has 1 aliphatic carbocycles. The van der Waals surface area contributed by atoms with Gasteiger partial charge in [-0.2, -0.15) is 0 Å². The summed E-state index contributed by atoms with van der Waals surface area (Å²) in [5.41, 5.74) is 1.11. The van der Waals surface area contributed by atoms with Crippen LogP contribution in [0, 0.1) is 5.92 Å². The smallest absolute Gasteiger partial charge is 0.338 e. The number of allylic oxidation sites excluding steroid dienone is 1. The van der Waals surface area contributed by atoms with E-state index >= 15 is 0 Å². The zero-order valence-electron chi connectivity index (χ0n) is 12.7. The van der Waals surface area contributed by atoms with Gasteiger partial charge in [-0.1, -0.05) is 18.2 Å². The molecule has 0 aromatic heterocycles. The number of esters is 1. The van der Waals surface area contributed by atoms with E-state index in [9.17, 15) is 13.6 Å². The minimum atomic E-state index is -1.44. The van der Waals surface area contributed by atoms with E-state index in [-0.39, 0.29) is 25.4 Å². The molecule has 3 atom stereocenters. The molecule has 120 valence electrons. The van der Waals surface area contributed by atoms with Gasteiger partial charge in [0, 0.05) is 4.90 Å². The molecule has 5 heteroatoms. The molecule has 2 rings (SSSR count). The Balaban J connectivity index is 2.27. The number of carbonyl (C=O) groups is 1. The maximum atomic E-state index is 13.3. The van der Waals surface area contributed by atoms with Gasteiger partial charge in [0.05, 0.1) is 12.2 Å². The van der Waals surface area contributed by atoms with Crippen molar-refractivity contribution >= 4 is 23.3 Å². The lowest BCUT2D eigenvalue weighted by Gasteiger charge is -2.11. The molecule has 1 fully saturated rings. The third kappa shape index (κ3) is 4.09. The Morgan fingerprint density at radius 3 is 2.36 bits per heavy atom. The van der Waals surface area contributed by atoms with E-state index in [1.165, 1.54) is 0 Å². The maximum Gasteiger partial charge on any atom is 0.338 e. The first kappa shape index (κ1) is 17.0. The summed E-state index contributed by atoms with van der Waals surface area (Å²) >= 11 is 1.61. The topological polar surface area (TPSA) is 26.3 Å². The average Bonchev–Trinajstić information content (AvgIpc) is 2.83. The molecule has 1 aromatic rings. The Kier molecular flexibility index (Phi) is 6.00. The fourth-order valence-electron chi connectivity index (χ4n) is 2.60. The summed E-state index contributed by atoms with van der Waals surface area (Å²) < 4.78 is 31.8. The van der Waals surface area contributed by atoms with E-state index in [2.05, 4.69) is 0 Å². The predicted octanol–water partition coefficient (Wildman–Crippen LogP) is 4.44. The van der Waals surface area contributed by atoms with Gasteiger partial charge in [0.2, 0.25) is 0 Å². The van der Waals surface area contributed by atoms with E-state index in [1.54, 1.807) is 24.8 Å². The molecule has 0 saturated heterocycles. The largest absolute Gasteiger partial charge is 0.462 e. The number of benzene rings is 1. The van der Waals surface area contributed by atoms with Crippen LogP contribution >= 0.6 is 11.8 Å². The number of carbonyl (C=O) groups excluding carboxylic acids is 1. The fourth-order valence-corrected chi connectivity index (χ4v) is 3.01. The first-order valence-corrected chi connectivity index (χ1v) is 8.59. The SMILES string of the molecule is CCOC(=O)C(=CC1C[C@@H](F)[C@@H](F)C1)c1ccc(SC)cc1. The van der Waals surface area contributed by atoms with Crippen LogP contribution < -0.4 is 0 Å². The molecule has 0 aliphatic heterocycles. The number of hydrogen-bond donors (Lipinski definition) is 0. The molecule has 0 bridgehead atoms. The summed E-state index contributed by atoms with van der Waals surface area (Å²) in [6.07, 6.45) is 0.989. The van der Waals surface area contributed by atoms with Gasteiger partial charge in [-0.25, -0.2) is 13.6 Å². The van der Waals surface area contributed by atoms with Crippen molar-refractivity contribution in [2.75, 3.05) is 12.9 Å². The zero-order chi connectivity index (χ0) is 16.1. The van der Waals surface area contributed by atoms with Crippen LogP contribution in [0.2, 0.25) is 0 Å². The Morgan fingerprint density at radius 2 is 1.86 bits per heavy atom. The van der Waals surface area contributed by atoms with Crippen LogP contribution in [-0.4, -0.2) is 31.2 Å². The normalized spacial score (nSPS) is 25.3. The Hall–Kier alpha value is -1.36. The van der Waals surface area contributed by atoms with Crippen LogP contribution in [0.3, 0.4) is 0 Å².